The molecule has 0 spiro atoms. The number of esters is 1. The molecule has 0 saturated carbocycles. The van der Waals surface area contributed by atoms with Gasteiger partial charge in [0.2, 0.25) is 10.0 Å². The number of hydrogen-bond acceptors (Lipinski definition) is 5. The fraction of sp³-hybridized carbons (Fsp3) is 0.200. The Labute approximate surface area is 104 Å². The highest BCUT2D eigenvalue weighted by Gasteiger charge is 2.16. The van der Waals surface area contributed by atoms with Crippen LogP contribution in [0.2, 0.25) is 0 Å². The van der Waals surface area contributed by atoms with Gasteiger partial charge in [-0.1, -0.05) is 6.07 Å². The summed E-state index contributed by atoms with van der Waals surface area (Å²) in [6, 6.07) is 3.88. The van der Waals surface area contributed by atoms with Gasteiger partial charge >= 0.3 is 5.97 Å². The number of benzene rings is 1. The molecule has 18 heavy (non-hydrogen) atoms. The Morgan fingerprint density at radius 3 is 2.44 bits per heavy atom. The van der Waals surface area contributed by atoms with Gasteiger partial charge < -0.3 is 10.5 Å². The van der Waals surface area contributed by atoms with Crippen LogP contribution in [0, 0.1) is 6.92 Å². The Balaban J connectivity index is 3.06. The number of carbonyl (C=O) groups is 2. The summed E-state index contributed by atoms with van der Waals surface area (Å²) in [5, 5.41) is 4.99. The molecular weight excluding hydrogens is 260 g/mol. The van der Waals surface area contributed by atoms with Gasteiger partial charge in [-0.25, -0.2) is 18.4 Å². The standard InChI is InChI=1S/C10H12N2O5S/c1-6-2-3-7(4-8(6)18(12,15)16)10(14)17-5-9(11)13/h2-4H,5H2,1H3,(H2,11,13)(H2,12,15,16). The summed E-state index contributed by atoms with van der Waals surface area (Å²) in [6.45, 7) is 0.968. The van der Waals surface area contributed by atoms with E-state index in [9.17, 15) is 18.0 Å². The average Bonchev–Trinajstić information content (AvgIpc) is 2.24. The lowest BCUT2D eigenvalue weighted by Crippen LogP contribution is -2.21. The molecular formula is C10H12N2O5S. The van der Waals surface area contributed by atoms with Crippen molar-refractivity contribution in [3.63, 3.8) is 0 Å². The summed E-state index contributed by atoms with van der Waals surface area (Å²) in [6.07, 6.45) is 0. The molecule has 0 atom stereocenters. The lowest BCUT2D eigenvalue weighted by molar-refractivity contribution is -0.121. The topological polar surface area (TPSA) is 130 Å². The molecule has 0 bridgehead atoms. The number of carbonyl (C=O) groups excluding carboxylic acids is 2. The fourth-order valence-corrected chi connectivity index (χ4v) is 2.06. The van der Waals surface area contributed by atoms with Crippen molar-refractivity contribution in [3.8, 4) is 0 Å². The van der Waals surface area contributed by atoms with Gasteiger partial charge in [0, 0.05) is 0 Å². The molecule has 1 aromatic rings. The molecule has 0 aliphatic carbocycles. The number of ether oxygens (including phenoxy) is 1. The molecule has 7 nitrogen and oxygen atoms in total. The zero-order valence-electron chi connectivity index (χ0n) is 9.54. The lowest BCUT2D eigenvalue weighted by atomic mass is 10.1. The van der Waals surface area contributed by atoms with Crippen molar-refractivity contribution in [2.24, 2.45) is 10.9 Å². The molecule has 1 rings (SSSR count). The first-order valence-electron chi connectivity index (χ1n) is 4.80. The Morgan fingerprint density at radius 2 is 1.94 bits per heavy atom. The van der Waals surface area contributed by atoms with E-state index in [-0.39, 0.29) is 10.5 Å². The van der Waals surface area contributed by atoms with Crippen LogP contribution < -0.4 is 10.9 Å². The van der Waals surface area contributed by atoms with E-state index in [0.717, 1.165) is 6.07 Å². The highest BCUT2D eigenvalue weighted by molar-refractivity contribution is 7.89. The molecule has 0 aliphatic rings. The van der Waals surface area contributed by atoms with E-state index in [1.54, 1.807) is 0 Å². The van der Waals surface area contributed by atoms with Crippen LogP contribution in [0.1, 0.15) is 15.9 Å². The first-order chi connectivity index (χ1) is 8.21. The van der Waals surface area contributed by atoms with Gasteiger partial charge in [0.25, 0.3) is 5.91 Å². The highest BCUT2D eigenvalue weighted by Crippen LogP contribution is 2.16. The van der Waals surface area contributed by atoms with E-state index in [0.29, 0.717) is 5.56 Å². The van der Waals surface area contributed by atoms with Crippen LogP contribution in [0.15, 0.2) is 23.1 Å². The van der Waals surface area contributed by atoms with E-state index < -0.39 is 28.5 Å². The van der Waals surface area contributed by atoms with Crippen LogP contribution in [-0.4, -0.2) is 26.9 Å². The Hall–Kier alpha value is -1.93. The summed E-state index contributed by atoms with van der Waals surface area (Å²) in [4.78, 5) is 21.7. The molecule has 8 heteroatoms. The highest BCUT2D eigenvalue weighted by atomic mass is 32.2. The summed E-state index contributed by atoms with van der Waals surface area (Å²) >= 11 is 0. The maximum absolute atomic E-state index is 11.5. The van der Waals surface area contributed by atoms with E-state index in [1.165, 1.54) is 19.1 Å². The number of primary sulfonamides is 1. The number of aryl methyl sites for hydroxylation is 1. The SMILES string of the molecule is Cc1ccc(C(=O)OCC(N)=O)cc1S(N)(=O)=O. The largest absolute Gasteiger partial charge is 0.452 e. The van der Waals surface area contributed by atoms with Crippen molar-refractivity contribution in [1.82, 2.24) is 0 Å². The average molecular weight is 272 g/mol. The van der Waals surface area contributed by atoms with E-state index >= 15 is 0 Å². The minimum Gasteiger partial charge on any atom is -0.452 e. The Kier molecular flexibility index (Phi) is 4.04. The quantitative estimate of drug-likeness (QED) is 0.699. The number of primary amides is 1. The van der Waals surface area contributed by atoms with E-state index in [4.69, 9.17) is 10.9 Å². The summed E-state index contributed by atoms with van der Waals surface area (Å²) in [5.74, 6) is -1.65. The van der Waals surface area contributed by atoms with Crippen molar-refractivity contribution >= 4 is 21.9 Å². The van der Waals surface area contributed by atoms with Gasteiger partial charge in [-0.3, -0.25) is 4.79 Å². The number of nitrogens with two attached hydrogens (primary N) is 2. The smallest absolute Gasteiger partial charge is 0.338 e. The van der Waals surface area contributed by atoms with Crippen LogP contribution in [-0.2, 0) is 19.6 Å². The monoisotopic (exact) mass is 272 g/mol. The van der Waals surface area contributed by atoms with Crippen LogP contribution >= 0.6 is 0 Å². The van der Waals surface area contributed by atoms with Crippen LogP contribution in [0.25, 0.3) is 0 Å². The first kappa shape index (κ1) is 14.1. The van der Waals surface area contributed by atoms with E-state index in [2.05, 4.69) is 4.74 Å². The Bertz CT molecular complexity index is 594. The summed E-state index contributed by atoms with van der Waals surface area (Å²) in [7, 11) is -3.92. The third kappa shape index (κ3) is 3.54. The molecule has 0 aliphatic heterocycles. The van der Waals surface area contributed by atoms with Gasteiger partial charge in [0.15, 0.2) is 6.61 Å². The molecule has 1 amide bonds. The second-order valence-electron chi connectivity index (χ2n) is 3.57. The maximum Gasteiger partial charge on any atom is 0.338 e. The predicted molar refractivity (Wildman–Crippen MR) is 62.0 cm³/mol. The third-order valence-corrected chi connectivity index (χ3v) is 3.13. The zero-order valence-corrected chi connectivity index (χ0v) is 10.4. The molecule has 0 unspecified atom stereocenters. The second-order valence-corrected chi connectivity index (χ2v) is 5.10. The lowest BCUT2D eigenvalue weighted by Gasteiger charge is -2.06. The van der Waals surface area contributed by atoms with Crippen LogP contribution in [0.5, 0.6) is 0 Å². The molecule has 1 aromatic carbocycles. The number of amides is 1. The van der Waals surface area contributed by atoms with E-state index in [1.807, 2.05) is 0 Å². The van der Waals surface area contributed by atoms with Gasteiger partial charge in [0.1, 0.15) is 0 Å². The molecule has 0 radical (unpaired) electrons. The van der Waals surface area contributed by atoms with Gasteiger partial charge in [-0.2, -0.15) is 0 Å². The molecule has 0 aromatic heterocycles. The molecule has 0 heterocycles. The van der Waals surface area contributed by atoms with Crippen LogP contribution in [0.3, 0.4) is 0 Å². The second kappa shape index (κ2) is 5.15. The van der Waals surface area contributed by atoms with Gasteiger partial charge in [0.05, 0.1) is 10.5 Å². The van der Waals surface area contributed by atoms with Crippen LogP contribution in [0.4, 0.5) is 0 Å². The van der Waals surface area contributed by atoms with Gasteiger partial charge in [-0.15, -0.1) is 0 Å². The third-order valence-electron chi connectivity index (χ3n) is 2.08. The predicted octanol–water partition coefficient (Wildman–Crippen LogP) is -0.715. The minimum absolute atomic E-state index is 0.0223. The summed E-state index contributed by atoms with van der Waals surface area (Å²) < 4.78 is 27.0. The molecule has 98 valence electrons. The van der Waals surface area contributed by atoms with Crippen molar-refractivity contribution in [2.75, 3.05) is 6.61 Å². The Morgan fingerprint density at radius 1 is 1.33 bits per heavy atom. The summed E-state index contributed by atoms with van der Waals surface area (Å²) in [5.41, 5.74) is 5.19. The number of hydrogen-bond donors (Lipinski definition) is 2. The minimum atomic E-state index is -3.92. The van der Waals surface area contributed by atoms with Gasteiger partial charge in [-0.05, 0) is 24.6 Å². The number of sulfonamides is 1. The normalized spacial score (nSPS) is 11.0. The fourth-order valence-electron chi connectivity index (χ4n) is 1.25. The molecule has 0 saturated heterocycles. The van der Waals surface area contributed by atoms with Crippen molar-refractivity contribution in [3.05, 3.63) is 29.3 Å². The molecule has 0 fully saturated rings. The van der Waals surface area contributed by atoms with Crippen molar-refractivity contribution in [2.45, 2.75) is 11.8 Å². The molecule has 4 N–H and O–H groups in total. The first-order valence-corrected chi connectivity index (χ1v) is 6.35. The van der Waals surface area contributed by atoms with Crippen molar-refractivity contribution in [1.29, 1.82) is 0 Å². The maximum atomic E-state index is 11.5. The number of rotatable bonds is 4. The zero-order chi connectivity index (χ0) is 13.9. The van der Waals surface area contributed by atoms with Crippen molar-refractivity contribution < 1.29 is 22.7 Å².